The van der Waals surface area contributed by atoms with Crippen molar-refractivity contribution in [2.24, 2.45) is 0 Å². The summed E-state index contributed by atoms with van der Waals surface area (Å²) in [5.74, 6) is 0. The van der Waals surface area contributed by atoms with Crippen molar-refractivity contribution in [1.82, 2.24) is 4.90 Å². The van der Waals surface area contributed by atoms with Gasteiger partial charge in [-0.1, -0.05) is 32.6 Å². The fraction of sp³-hybridized carbons (Fsp3) is 1.00. The lowest BCUT2D eigenvalue weighted by Crippen LogP contribution is -2.37. The van der Waals surface area contributed by atoms with E-state index in [1.54, 1.807) is 0 Å². The van der Waals surface area contributed by atoms with Crippen molar-refractivity contribution < 1.29 is 0 Å². The second-order valence-corrected chi connectivity index (χ2v) is 4.44. The molecule has 86 valence electrons. The number of likely N-dealkylation sites (tertiary alicyclic amines) is 1. The Kier molecular flexibility index (Phi) is 8.70. The van der Waals surface area contributed by atoms with Crippen molar-refractivity contribution in [3.05, 3.63) is 0 Å². The standard InChI is InChI=1S/C12H25N.ClH/c1-3-4-6-9-12(2)13-10-7-5-8-11-13;/h12H,3-11H2,1-2H3;1H. The molecule has 0 aromatic rings. The zero-order valence-corrected chi connectivity index (χ0v) is 10.6. The van der Waals surface area contributed by atoms with Gasteiger partial charge in [0.05, 0.1) is 0 Å². The van der Waals surface area contributed by atoms with Crippen LogP contribution < -0.4 is 0 Å². The van der Waals surface area contributed by atoms with E-state index in [4.69, 9.17) is 0 Å². The number of hydrogen-bond acceptors (Lipinski definition) is 1. The van der Waals surface area contributed by atoms with Crippen LogP contribution in [-0.2, 0) is 0 Å². The van der Waals surface area contributed by atoms with E-state index >= 15 is 0 Å². The number of halogens is 1. The molecule has 1 aliphatic rings. The molecule has 0 saturated carbocycles. The average molecular weight is 220 g/mol. The first-order chi connectivity index (χ1) is 6.34. The normalized spacial score (nSPS) is 20.1. The molecule has 1 aliphatic heterocycles. The smallest absolute Gasteiger partial charge is 0.00669 e. The monoisotopic (exact) mass is 219 g/mol. The van der Waals surface area contributed by atoms with E-state index in [9.17, 15) is 0 Å². The summed E-state index contributed by atoms with van der Waals surface area (Å²) in [6.07, 6.45) is 9.92. The van der Waals surface area contributed by atoms with Crippen LogP contribution in [0.25, 0.3) is 0 Å². The summed E-state index contributed by atoms with van der Waals surface area (Å²) < 4.78 is 0. The van der Waals surface area contributed by atoms with Gasteiger partial charge in [-0.05, 0) is 39.3 Å². The van der Waals surface area contributed by atoms with E-state index in [1.807, 2.05) is 0 Å². The topological polar surface area (TPSA) is 3.24 Å². The first kappa shape index (κ1) is 14.2. The number of hydrogen-bond donors (Lipinski definition) is 0. The van der Waals surface area contributed by atoms with Gasteiger partial charge < -0.3 is 4.90 Å². The molecule has 0 bridgehead atoms. The Morgan fingerprint density at radius 1 is 1.07 bits per heavy atom. The fourth-order valence-corrected chi connectivity index (χ4v) is 2.23. The molecule has 0 aliphatic carbocycles. The van der Waals surface area contributed by atoms with Gasteiger partial charge in [-0.25, -0.2) is 0 Å². The molecule has 1 nitrogen and oxygen atoms in total. The molecule has 1 fully saturated rings. The Hall–Kier alpha value is 0.250. The molecule has 2 heteroatoms. The number of nitrogens with zero attached hydrogens (tertiary/aromatic N) is 1. The van der Waals surface area contributed by atoms with E-state index in [0.29, 0.717) is 0 Å². The van der Waals surface area contributed by atoms with Crippen LogP contribution in [0.5, 0.6) is 0 Å². The van der Waals surface area contributed by atoms with Gasteiger partial charge in [0.2, 0.25) is 0 Å². The molecule has 0 radical (unpaired) electrons. The van der Waals surface area contributed by atoms with Crippen molar-refractivity contribution in [1.29, 1.82) is 0 Å². The minimum Gasteiger partial charge on any atom is -0.301 e. The fourth-order valence-electron chi connectivity index (χ4n) is 2.23. The van der Waals surface area contributed by atoms with Gasteiger partial charge in [-0.3, -0.25) is 0 Å². The second-order valence-electron chi connectivity index (χ2n) is 4.44. The highest BCUT2D eigenvalue weighted by Gasteiger charge is 2.15. The maximum atomic E-state index is 2.68. The second kappa shape index (κ2) is 8.55. The molecule has 0 aromatic carbocycles. The summed E-state index contributed by atoms with van der Waals surface area (Å²) in [6, 6.07) is 0.840. The number of unbranched alkanes of at least 4 members (excludes halogenated alkanes) is 2. The molecule has 14 heavy (non-hydrogen) atoms. The molecule has 1 atom stereocenters. The van der Waals surface area contributed by atoms with E-state index in [1.165, 1.54) is 58.0 Å². The molecule has 1 heterocycles. The summed E-state index contributed by atoms with van der Waals surface area (Å²) >= 11 is 0. The van der Waals surface area contributed by atoms with Crippen molar-refractivity contribution in [3.8, 4) is 0 Å². The van der Waals surface area contributed by atoms with Crippen LogP contribution in [0.3, 0.4) is 0 Å². The Morgan fingerprint density at radius 2 is 1.71 bits per heavy atom. The van der Waals surface area contributed by atoms with Crippen LogP contribution in [0.1, 0.15) is 58.8 Å². The van der Waals surface area contributed by atoms with Gasteiger partial charge >= 0.3 is 0 Å². The molecule has 0 amide bonds. The SMILES string of the molecule is CCCCCC(C)N1CCCCC1.Cl. The highest BCUT2D eigenvalue weighted by atomic mass is 35.5. The van der Waals surface area contributed by atoms with Gasteiger partial charge in [0, 0.05) is 6.04 Å². The molecular formula is C12H26ClN. The molecule has 0 N–H and O–H groups in total. The summed E-state index contributed by atoms with van der Waals surface area (Å²) in [5, 5.41) is 0. The third-order valence-electron chi connectivity index (χ3n) is 3.24. The zero-order chi connectivity index (χ0) is 9.52. The van der Waals surface area contributed by atoms with Crippen molar-refractivity contribution in [2.45, 2.75) is 64.8 Å². The van der Waals surface area contributed by atoms with E-state index in [2.05, 4.69) is 18.7 Å². The van der Waals surface area contributed by atoms with Gasteiger partial charge in [0.25, 0.3) is 0 Å². The van der Waals surface area contributed by atoms with Crippen LogP contribution in [-0.4, -0.2) is 24.0 Å². The Labute approximate surface area is 95.7 Å². The zero-order valence-electron chi connectivity index (χ0n) is 9.80. The Bertz CT molecular complexity index is 121. The molecular weight excluding hydrogens is 194 g/mol. The largest absolute Gasteiger partial charge is 0.301 e. The van der Waals surface area contributed by atoms with E-state index in [-0.39, 0.29) is 12.4 Å². The van der Waals surface area contributed by atoms with Crippen molar-refractivity contribution in [2.75, 3.05) is 13.1 Å². The maximum Gasteiger partial charge on any atom is 0.00669 e. The van der Waals surface area contributed by atoms with Gasteiger partial charge in [0.15, 0.2) is 0 Å². The molecule has 0 aromatic heterocycles. The first-order valence-electron chi connectivity index (χ1n) is 6.08. The van der Waals surface area contributed by atoms with E-state index in [0.717, 1.165) is 6.04 Å². The summed E-state index contributed by atoms with van der Waals surface area (Å²) in [5.41, 5.74) is 0. The third-order valence-corrected chi connectivity index (χ3v) is 3.24. The van der Waals surface area contributed by atoms with Crippen molar-refractivity contribution >= 4 is 12.4 Å². The molecule has 0 spiro atoms. The van der Waals surface area contributed by atoms with E-state index < -0.39 is 0 Å². The first-order valence-corrected chi connectivity index (χ1v) is 6.08. The van der Waals surface area contributed by atoms with Gasteiger partial charge in [-0.2, -0.15) is 0 Å². The van der Waals surface area contributed by atoms with Crippen LogP contribution in [0.2, 0.25) is 0 Å². The molecule has 1 rings (SSSR count). The van der Waals surface area contributed by atoms with Crippen LogP contribution in [0.15, 0.2) is 0 Å². The van der Waals surface area contributed by atoms with Gasteiger partial charge in [-0.15, -0.1) is 12.4 Å². The maximum absolute atomic E-state index is 2.68. The predicted molar refractivity (Wildman–Crippen MR) is 66.3 cm³/mol. The third kappa shape index (κ3) is 5.21. The highest BCUT2D eigenvalue weighted by molar-refractivity contribution is 5.85. The van der Waals surface area contributed by atoms with Crippen molar-refractivity contribution in [3.63, 3.8) is 0 Å². The van der Waals surface area contributed by atoms with Crippen LogP contribution in [0, 0.1) is 0 Å². The summed E-state index contributed by atoms with van der Waals surface area (Å²) in [4.78, 5) is 2.68. The van der Waals surface area contributed by atoms with Crippen LogP contribution in [0.4, 0.5) is 0 Å². The number of piperidine rings is 1. The van der Waals surface area contributed by atoms with Crippen LogP contribution >= 0.6 is 12.4 Å². The lowest BCUT2D eigenvalue weighted by Gasteiger charge is -2.32. The average Bonchev–Trinajstić information content (AvgIpc) is 2.19. The lowest BCUT2D eigenvalue weighted by atomic mass is 10.0. The predicted octanol–water partition coefficient (Wildman–Crippen LogP) is 3.86. The lowest BCUT2D eigenvalue weighted by molar-refractivity contribution is 0.164. The minimum absolute atomic E-state index is 0. The summed E-state index contributed by atoms with van der Waals surface area (Å²) in [7, 11) is 0. The Balaban J connectivity index is 0.00000169. The number of rotatable bonds is 5. The minimum atomic E-state index is 0. The quantitative estimate of drug-likeness (QED) is 0.635. The Morgan fingerprint density at radius 3 is 2.29 bits per heavy atom. The molecule has 1 saturated heterocycles. The highest BCUT2D eigenvalue weighted by Crippen LogP contribution is 2.15. The summed E-state index contributed by atoms with van der Waals surface area (Å²) in [6.45, 7) is 7.40. The molecule has 1 unspecified atom stereocenters. The van der Waals surface area contributed by atoms with Gasteiger partial charge in [0.1, 0.15) is 0 Å².